The summed E-state index contributed by atoms with van der Waals surface area (Å²) in [7, 11) is 2.10. The van der Waals surface area contributed by atoms with Gasteiger partial charge in [-0.05, 0) is 48.5 Å². The highest BCUT2D eigenvalue weighted by Gasteiger charge is 2.32. The Kier molecular flexibility index (Phi) is 6.96. The number of hydrogen-bond donors (Lipinski definition) is 1. The lowest BCUT2D eigenvalue weighted by atomic mass is 9.99. The van der Waals surface area contributed by atoms with E-state index in [1.165, 1.54) is 22.6 Å². The number of nitrogens with one attached hydrogen (secondary N) is 1. The first-order valence-electron chi connectivity index (χ1n) is 11.3. The van der Waals surface area contributed by atoms with E-state index in [1.54, 1.807) is 10.6 Å². The number of hydrogen-bond acceptors (Lipinski definition) is 5. The molecule has 1 atom stereocenters. The Hall–Kier alpha value is -2.66. The minimum absolute atomic E-state index is 0.0104. The van der Waals surface area contributed by atoms with Gasteiger partial charge < -0.3 is 5.32 Å². The first-order valence-corrected chi connectivity index (χ1v) is 13.5. The molecule has 7 nitrogen and oxygen atoms in total. The van der Waals surface area contributed by atoms with Gasteiger partial charge in [-0.3, -0.25) is 0 Å². The molecule has 2 aromatic carbocycles. The molecule has 4 aromatic rings. The van der Waals surface area contributed by atoms with E-state index < -0.39 is 15.8 Å². The molecule has 12 heteroatoms. The van der Waals surface area contributed by atoms with Gasteiger partial charge in [-0.2, -0.15) is 13.9 Å². The van der Waals surface area contributed by atoms with Gasteiger partial charge in [0.05, 0.1) is 5.69 Å². The molecule has 1 aliphatic heterocycles. The van der Waals surface area contributed by atoms with E-state index in [0.29, 0.717) is 47.2 Å². The van der Waals surface area contributed by atoms with Gasteiger partial charge in [-0.1, -0.05) is 41.4 Å². The number of aromatic nitrogens is 3. The second kappa shape index (κ2) is 10.0. The highest BCUT2D eigenvalue weighted by Crippen LogP contribution is 2.30. The Bertz CT molecular complexity index is 1550. The van der Waals surface area contributed by atoms with Gasteiger partial charge in [-0.15, -0.1) is 0 Å². The number of rotatable bonds is 6. The number of halogens is 3. The quantitative estimate of drug-likeness (QED) is 0.370. The number of sulfonamides is 1. The maximum atomic E-state index is 14.4. The van der Waals surface area contributed by atoms with Crippen molar-refractivity contribution in [1.82, 2.24) is 18.9 Å². The fraction of sp³-hybridized carbons (Fsp3) is 0.250. The summed E-state index contributed by atoms with van der Waals surface area (Å²) in [6.45, 7) is 1.05. The van der Waals surface area contributed by atoms with E-state index in [4.69, 9.17) is 31.0 Å². The SMILES string of the molecule is [B]c1cnn2c(NCC3CCCN(S(=O)(=O)c4ccc(Cl)cc4F)C3)cc(-c3ccccc3Cl)nc12. The molecule has 1 aliphatic rings. The lowest BCUT2D eigenvalue weighted by Gasteiger charge is -2.32. The van der Waals surface area contributed by atoms with Crippen molar-refractivity contribution >= 4 is 58.0 Å². The monoisotopic (exact) mass is 543 g/mol. The number of nitrogens with zero attached hydrogens (tertiary/aromatic N) is 4. The molecule has 1 N–H and O–H groups in total. The van der Waals surface area contributed by atoms with Gasteiger partial charge in [0.25, 0.3) is 0 Å². The zero-order valence-electron chi connectivity index (χ0n) is 19.0. The molecular weight excluding hydrogens is 523 g/mol. The zero-order valence-corrected chi connectivity index (χ0v) is 21.4. The van der Waals surface area contributed by atoms with Gasteiger partial charge in [-0.25, -0.2) is 17.8 Å². The summed E-state index contributed by atoms with van der Waals surface area (Å²) in [6, 6.07) is 12.8. The summed E-state index contributed by atoms with van der Waals surface area (Å²) in [5.41, 5.74) is 2.30. The maximum Gasteiger partial charge on any atom is 0.245 e. The topological polar surface area (TPSA) is 79.6 Å². The van der Waals surface area contributed by atoms with Gasteiger partial charge >= 0.3 is 0 Å². The summed E-state index contributed by atoms with van der Waals surface area (Å²) < 4.78 is 43.6. The van der Waals surface area contributed by atoms with Crippen molar-refractivity contribution in [2.45, 2.75) is 17.7 Å². The fourth-order valence-corrected chi connectivity index (χ4v) is 6.39. The number of piperidine rings is 1. The predicted molar refractivity (Wildman–Crippen MR) is 140 cm³/mol. The third-order valence-electron chi connectivity index (χ3n) is 6.21. The van der Waals surface area contributed by atoms with E-state index in [1.807, 2.05) is 24.3 Å². The number of benzene rings is 2. The van der Waals surface area contributed by atoms with Crippen LogP contribution in [0, 0.1) is 11.7 Å². The highest BCUT2D eigenvalue weighted by molar-refractivity contribution is 7.89. The van der Waals surface area contributed by atoms with E-state index >= 15 is 0 Å². The third-order valence-corrected chi connectivity index (χ3v) is 8.68. The summed E-state index contributed by atoms with van der Waals surface area (Å²) in [6.07, 6.45) is 3.00. The lowest BCUT2D eigenvalue weighted by Crippen LogP contribution is -2.42. The van der Waals surface area contributed by atoms with Crippen LogP contribution >= 0.6 is 23.2 Å². The Morgan fingerprint density at radius 2 is 1.97 bits per heavy atom. The van der Waals surface area contributed by atoms with Crippen LogP contribution in [0.4, 0.5) is 10.2 Å². The Morgan fingerprint density at radius 3 is 2.75 bits per heavy atom. The summed E-state index contributed by atoms with van der Waals surface area (Å²) in [4.78, 5) is 4.26. The Balaban J connectivity index is 1.38. The standard InChI is InChI=1S/C24H21BCl2FN5O2S/c25-18-13-30-33-23(11-21(31-24(18)33)17-5-1-2-6-19(17)27)29-12-15-4-3-9-32(14-15)36(34,35)22-8-7-16(26)10-20(22)28/h1-2,5-8,10-11,13,15,29H,3-4,9,12,14H2. The molecule has 1 fully saturated rings. The second-order valence-corrected chi connectivity index (χ2v) is 11.4. The Labute approximate surface area is 219 Å². The third kappa shape index (κ3) is 4.82. The van der Waals surface area contributed by atoms with Crippen molar-refractivity contribution in [2.75, 3.05) is 25.0 Å². The van der Waals surface area contributed by atoms with Crippen LogP contribution in [-0.4, -0.2) is 54.8 Å². The van der Waals surface area contributed by atoms with Crippen LogP contribution in [0.3, 0.4) is 0 Å². The van der Waals surface area contributed by atoms with Crippen LogP contribution < -0.4 is 10.8 Å². The minimum Gasteiger partial charge on any atom is -0.370 e. The normalized spacial score (nSPS) is 16.9. The summed E-state index contributed by atoms with van der Waals surface area (Å²) in [5, 5.41) is 8.41. The predicted octanol–water partition coefficient (Wildman–Crippen LogP) is 4.15. The van der Waals surface area contributed by atoms with Crippen LogP contribution in [0.2, 0.25) is 10.0 Å². The molecule has 0 aliphatic carbocycles. The van der Waals surface area contributed by atoms with Crippen molar-refractivity contribution in [1.29, 1.82) is 0 Å². The molecule has 0 amide bonds. The van der Waals surface area contributed by atoms with Crippen molar-refractivity contribution in [3.05, 3.63) is 70.6 Å². The lowest BCUT2D eigenvalue weighted by molar-refractivity contribution is 0.274. The number of fused-ring (bicyclic) bond motifs is 1. The molecule has 0 spiro atoms. The van der Waals surface area contributed by atoms with Crippen molar-refractivity contribution in [2.24, 2.45) is 5.92 Å². The molecule has 5 rings (SSSR count). The average molecular weight is 544 g/mol. The largest absolute Gasteiger partial charge is 0.370 e. The van der Waals surface area contributed by atoms with Crippen LogP contribution in [-0.2, 0) is 10.0 Å². The molecule has 1 saturated heterocycles. The van der Waals surface area contributed by atoms with Crippen LogP contribution in [0.1, 0.15) is 12.8 Å². The van der Waals surface area contributed by atoms with Gasteiger partial charge in [0.15, 0.2) is 5.65 Å². The maximum absolute atomic E-state index is 14.4. The van der Waals surface area contributed by atoms with Gasteiger partial charge in [0.2, 0.25) is 10.0 Å². The van der Waals surface area contributed by atoms with Crippen LogP contribution in [0.5, 0.6) is 0 Å². The smallest absolute Gasteiger partial charge is 0.245 e. The first kappa shape index (κ1) is 25.0. The average Bonchev–Trinajstić information content (AvgIpc) is 3.23. The van der Waals surface area contributed by atoms with E-state index in [-0.39, 0.29) is 22.4 Å². The Morgan fingerprint density at radius 1 is 1.17 bits per heavy atom. The van der Waals surface area contributed by atoms with Crippen LogP contribution in [0.15, 0.2) is 59.6 Å². The molecule has 0 bridgehead atoms. The molecule has 3 heterocycles. The summed E-state index contributed by atoms with van der Waals surface area (Å²) >= 11 is 12.2. The van der Waals surface area contributed by atoms with Gasteiger partial charge in [0, 0.05) is 47.5 Å². The molecule has 1 unspecified atom stereocenters. The molecule has 184 valence electrons. The van der Waals surface area contributed by atoms with Crippen molar-refractivity contribution < 1.29 is 12.8 Å². The first-order chi connectivity index (χ1) is 17.2. The molecule has 2 aromatic heterocycles. The highest BCUT2D eigenvalue weighted by atomic mass is 35.5. The van der Waals surface area contributed by atoms with Gasteiger partial charge in [0.1, 0.15) is 24.4 Å². The van der Waals surface area contributed by atoms with Crippen molar-refractivity contribution in [3.8, 4) is 11.3 Å². The minimum atomic E-state index is -3.99. The fourth-order valence-electron chi connectivity index (χ4n) is 4.40. The number of anilines is 1. The zero-order chi connectivity index (χ0) is 25.4. The van der Waals surface area contributed by atoms with E-state index in [9.17, 15) is 12.8 Å². The molecule has 2 radical (unpaired) electrons. The molecule has 0 saturated carbocycles. The molecular formula is C24H21BCl2FN5O2S. The van der Waals surface area contributed by atoms with Crippen molar-refractivity contribution in [3.63, 3.8) is 0 Å². The van der Waals surface area contributed by atoms with E-state index in [2.05, 4.69) is 15.4 Å². The van der Waals surface area contributed by atoms with Crippen LogP contribution in [0.25, 0.3) is 16.9 Å². The summed E-state index contributed by atoms with van der Waals surface area (Å²) in [5.74, 6) is -0.218. The molecule has 36 heavy (non-hydrogen) atoms. The second-order valence-electron chi connectivity index (χ2n) is 8.67. The van der Waals surface area contributed by atoms with E-state index in [0.717, 1.165) is 18.1 Å².